The first-order valence-corrected chi connectivity index (χ1v) is 16.5. The molecule has 3 aromatic carbocycles. The van der Waals surface area contributed by atoms with Crippen molar-refractivity contribution in [2.24, 2.45) is 7.05 Å². The minimum absolute atomic E-state index is 0.0683. The maximum absolute atomic E-state index is 2.44. The van der Waals surface area contributed by atoms with E-state index in [0.29, 0.717) is 0 Å². The average molecular weight is 508 g/mol. The second-order valence-corrected chi connectivity index (χ2v) is 15.5. The Bertz CT molecular complexity index is 1570. The Morgan fingerprint density at radius 2 is 1.64 bits per heavy atom. The van der Waals surface area contributed by atoms with Crippen molar-refractivity contribution in [3.05, 3.63) is 89.6 Å². The van der Waals surface area contributed by atoms with Gasteiger partial charge >= 0.3 is 0 Å². The molecule has 36 heavy (non-hydrogen) atoms. The second-order valence-electron chi connectivity index (χ2n) is 11.5. The predicted molar refractivity (Wildman–Crippen MR) is 161 cm³/mol. The Morgan fingerprint density at radius 1 is 0.889 bits per heavy atom. The quantitative estimate of drug-likeness (QED) is 0.165. The lowest BCUT2D eigenvalue weighted by Crippen LogP contribution is -2.30. The van der Waals surface area contributed by atoms with Gasteiger partial charge in [0.05, 0.1) is 0 Å². The fourth-order valence-corrected chi connectivity index (χ4v) is 7.08. The molecule has 0 saturated heterocycles. The van der Waals surface area contributed by atoms with Gasteiger partial charge in [0.2, 0.25) is 5.69 Å². The molecule has 0 spiro atoms. The number of thiophene rings is 1. The standard InChI is InChI=1S/C33H37NSSi/c1-22-26-10-8-9-11-27(26)29(33(2,3)4)21-28(22)30-19-25(14-16-34(30)5)32-20-24-13-12-23(15-17-36(6)7)18-31(24)35-32/h8-14,16,18-21H,15,17H2,1-7H3/q+1. The molecule has 0 aliphatic carbocycles. The van der Waals surface area contributed by atoms with Crippen LogP contribution >= 0.6 is 11.3 Å². The van der Waals surface area contributed by atoms with Gasteiger partial charge in [-0.05, 0) is 69.8 Å². The molecule has 183 valence electrons. The van der Waals surface area contributed by atoms with E-state index in [2.05, 4.69) is 125 Å². The van der Waals surface area contributed by atoms with Crippen molar-refractivity contribution < 1.29 is 4.57 Å². The van der Waals surface area contributed by atoms with Gasteiger partial charge in [0.1, 0.15) is 7.05 Å². The monoisotopic (exact) mass is 507 g/mol. The summed E-state index contributed by atoms with van der Waals surface area (Å²) in [6.45, 7) is 14.0. The summed E-state index contributed by atoms with van der Waals surface area (Å²) in [7, 11) is 1.98. The molecule has 0 aliphatic rings. The van der Waals surface area contributed by atoms with E-state index in [1.54, 1.807) is 0 Å². The molecule has 3 heteroatoms. The lowest BCUT2D eigenvalue weighted by atomic mass is 9.80. The molecule has 2 heterocycles. The third-order valence-corrected chi connectivity index (χ3v) is 9.73. The number of rotatable bonds is 5. The Kier molecular flexibility index (Phi) is 6.65. The fourth-order valence-electron chi connectivity index (χ4n) is 5.17. The van der Waals surface area contributed by atoms with Crippen molar-refractivity contribution >= 4 is 41.0 Å². The summed E-state index contributed by atoms with van der Waals surface area (Å²) in [5, 5.41) is 4.07. The van der Waals surface area contributed by atoms with Gasteiger partial charge in [-0.2, -0.15) is 0 Å². The van der Waals surface area contributed by atoms with Gasteiger partial charge in [0.25, 0.3) is 0 Å². The molecule has 2 aromatic heterocycles. The van der Waals surface area contributed by atoms with Crippen LogP contribution in [0.1, 0.15) is 37.5 Å². The molecular weight excluding hydrogens is 471 g/mol. The molecule has 0 N–H and O–H groups in total. The summed E-state index contributed by atoms with van der Waals surface area (Å²) < 4.78 is 3.67. The summed E-state index contributed by atoms with van der Waals surface area (Å²) in [5.74, 6) is 0. The highest BCUT2D eigenvalue weighted by Gasteiger charge is 2.23. The first-order chi connectivity index (χ1) is 17.1. The Hall–Kier alpha value is -2.75. The van der Waals surface area contributed by atoms with Gasteiger partial charge in [0, 0.05) is 41.6 Å². The first kappa shape index (κ1) is 24.9. The number of fused-ring (bicyclic) bond motifs is 2. The third-order valence-electron chi connectivity index (χ3n) is 7.33. The van der Waals surface area contributed by atoms with Crippen LogP contribution in [0.15, 0.2) is 72.9 Å². The summed E-state index contributed by atoms with van der Waals surface area (Å²) in [5.41, 5.74) is 8.18. The van der Waals surface area contributed by atoms with E-state index < -0.39 is 0 Å². The van der Waals surface area contributed by atoms with Gasteiger partial charge in [-0.3, -0.25) is 0 Å². The predicted octanol–water partition coefficient (Wildman–Crippen LogP) is 9.12. The topological polar surface area (TPSA) is 3.88 Å². The van der Waals surface area contributed by atoms with Crippen LogP contribution < -0.4 is 4.57 Å². The van der Waals surface area contributed by atoms with E-state index >= 15 is 0 Å². The van der Waals surface area contributed by atoms with E-state index in [1.165, 1.54) is 71.7 Å². The molecule has 0 bridgehead atoms. The molecule has 0 saturated carbocycles. The van der Waals surface area contributed by atoms with E-state index in [9.17, 15) is 0 Å². The maximum Gasteiger partial charge on any atom is 0.213 e. The lowest BCUT2D eigenvalue weighted by molar-refractivity contribution is -0.660. The molecule has 1 radical (unpaired) electrons. The van der Waals surface area contributed by atoms with Crippen LogP contribution in [0.25, 0.3) is 42.6 Å². The van der Waals surface area contributed by atoms with Crippen LogP contribution in [0.3, 0.4) is 0 Å². The number of aromatic nitrogens is 1. The molecule has 0 aliphatic heterocycles. The Labute approximate surface area is 222 Å². The van der Waals surface area contributed by atoms with Gasteiger partial charge < -0.3 is 0 Å². The van der Waals surface area contributed by atoms with E-state index in [1.807, 2.05) is 11.3 Å². The average Bonchev–Trinajstić information content (AvgIpc) is 3.26. The summed E-state index contributed by atoms with van der Waals surface area (Å²) in [4.78, 5) is 1.34. The summed E-state index contributed by atoms with van der Waals surface area (Å²) >= 11 is 1.92. The van der Waals surface area contributed by atoms with Crippen molar-refractivity contribution in [2.45, 2.75) is 58.7 Å². The van der Waals surface area contributed by atoms with Crippen LogP contribution in [0.2, 0.25) is 19.1 Å². The SMILES string of the molecule is Cc1c(-c2cc(-c3cc4ccc(CC[Si](C)C)cc4s3)cc[n+]2C)cc(C(C)(C)C)c2ccccc12. The third kappa shape index (κ3) is 4.79. The molecular formula is C33H37NSSi+. The number of benzene rings is 3. The smallest absolute Gasteiger partial charge is 0.201 e. The first-order valence-electron chi connectivity index (χ1n) is 13.0. The normalized spacial score (nSPS) is 12.2. The Balaban J connectivity index is 1.62. The molecule has 0 atom stereocenters. The molecule has 0 amide bonds. The lowest BCUT2D eigenvalue weighted by Gasteiger charge is -2.24. The number of hydrogen-bond acceptors (Lipinski definition) is 1. The van der Waals surface area contributed by atoms with Crippen LogP contribution in [-0.2, 0) is 18.9 Å². The molecule has 1 nitrogen and oxygen atoms in total. The zero-order valence-corrected chi connectivity index (χ0v) is 24.5. The van der Waals surface area contributed by atoms with Crippen molar-refractivity contribution in [3.8, 4) is 21.7 Å². The molecule has 5 aromatic rings. The minimum Gasteiger partial charge on any atom is -0.201 e. The van der Waals surface area contributed by atoms with Crippen molar-refractivity contribution in [3.63, 3.8) is 0 Å². The zero-order valence-electron chi connectivity index (χ0n) is 22.7. The highest BCUT2D eigenvalue weighted by molar-refractivity contribution is 7.22. The van der Waals surface area contributed by atoms with Gasteiger partial charge in [-0.15, -0.1) is 11.3 Å². The zero-order chi connectivity index (χ0) is 25.6. The fraction of sp³-hybridized carbons (Fsp3) is 0.303. The Morgan fingerprint density at radius 3 is 2.36 bits per heavy atom. The summed E-state index contributed by atoms with van der Waals surface area (Å²) in [6.07, 6.45) is 3.42. The van der Waals surface area contributed by atoms with E-state index in [-0.39, 0.29) is 14.2 Å². The summed E-state index contributed by atoms with van der Waals surface area (Å²) in [6, 6.07) is 26.7. The van der Waals surface area contributed by atoms with Crippen molar-refractivity contribution in [2.75, 3.05) is 0 Å². The van der Waals surface area contributed by atoms with Crippen molar-refractivity contribution in [1.82, 2.24) is 0 Å². The second kappa shape index (κ2) is 9.61. The van der Waals surface area contributed by atoms with Gasteiger partial charge in [-0.25, -0.2) is 4.57 Å². The van der Waals surface area contributed by atoms with Crippen LogP contribution in [0, 0.1) is 6.92 Å². The van der Waals surface area contributed by atoms with E-state index in [4.69, 9.17) is 0 Å². The highest BCUT2D eigenvalue weighted by atomic mass is 32.1. The van der Waals surface area contributed by atoms with Gasteiger partial charge in [-0.1, -0.05) is 76.3 Å². The molecule has 0 fully saturated rings. The number of hydrogen-bond donors (Lipinski definition) is 0. The molecule has 0 unspecified atom stereocenters. The van der Waals surface area contributed by atoms with Crippen molar-refractivity contribution in [1.29, 1.82) is 0 Å². The number of nitrogens with zero attached hydrogens (tertiary/aromatic N) is 1. The van der Waals surface area contributed by atoms with Gasteiger partial charge in [0.15, 0.2) is 6.20 Å². The maximum atomic E-state index is 2.44. The van der Waals surface area contributed by atoms with E-state index in [0.717, 1.165) is 0 Å². The van der Waals surface area contributed by atoms with Crippen LogP contribution in [-0.4, -0.2) is 8.80 Å². The van der Waals surface area contributed by atoms with Crippen LogP contribution in [0.4, 0.5) is 0 Å². The molecule has 5 rings (SSSR count). The number of pyridine rings is 1. The largest absolute Gasteiger partial charge is 0.213 e. The highest BCUT2D eigenvalue weighted by Crippen LogP contribution is 2.39. The van der Waals surface area contributed by atoms with Crippen LogP contribution in [0.5, 0.6) is 0 Å². The number of aryl methyl sites for hydroxylation is 3. The minimum atomic E-state index is -0.186.